The van der Waals surface area contributed by atoms with Gasteiger partial charge in [0.1, 0.15) is 12.2 Å². The Bertz CT molecular complexity index is 1020. The molecule has 1 saturated heterocycles. The molecule has 4 rings (SSSR count). The summed E-state index contributed by atoms with van der Waals surface area (Å²) < 4.78 is 4.06. The van der Waals surface area contributed by atoms with Gasteiger partial charge >= 0.3 is 0 Å². The lowest BCUT2D eigenvalue weighted by Gasteiger charge is -2.33. The van der Waals surface area contributed by atoms with Crippen LogP contribution in [0.2, 0.25) is 0 Å². The van der Waals surface area contributed by atoms with Gasteiger partial charge < -0.3 is 9.47 Å². The Labute approximate surface area is 177 Å². The maximum atomic E-state index is 13.5. The Hall–Kier alpha value is -2.96. The number of hydrogen-bond acceptors (Lipinski definition) is 4. The average Bonchev–Trinajstić information content (AvgIpc) is 3.34. The lowest BCUT2D eigenvalue weighted by Crippen LogP contribution is -2.40. The maximum absolute atomic E-state index is 13.5. The zero-order chi connectivity index (χ0) is 21.3. The molecule has 1 fully saturated rings. The summed E-state index contributed by atoms with van der Waals surface area (Å²) in [5, 5.41) is 13.2. The molecule has 0 N–H and O–H groups in total. The van der Waals surface area contributed by atoms with Gasteiger partial charge in [0.05, 0.1) is 17.8 Å². The largest absolute Gasteiger partial charge is 0.338 e. The van der Waals surface area contributed by atoms with Crippen molar-refractivity contribution in [1.29, 1.82) is 0 Å². The summed E-state index contributed by atoms with van der Waals surface area (Å²) in [4.78, 5) is 15.4. The zero-order valence-electron chi connectivity index (χ0n) is 18.2. The van der Waals surface area contributed by atoms with E-state index in [4.69, 9.17) is 0 Å². The molecule has 1 aliphatic rings. The van der Waals surface area contributed by atoms with Gasteiger partial charge in [0.15, 0.2) is 0 Å². The molecule has 0 aliphatic carbocycles. The molecule has 0 radical (unpaired) electrons. The van der Waals surface area contributed by atoms with Gasteiger partial charge in [-0.25, -0.2) is 0 Å². The van der Waals surface area contributed by atoms with Crippen LogP contribution in [0.15, 0.2) is 36.7 Å². The van der Waals surface area contributed by atoms with Crippen molar-refractivity contribution in [2.75, 3.05) is 13.1 Å². The van der Waals surface area contributed by atoms with Crippen molar-refractivity contribution in [3.8, 4) is 0 Å². The van der Waals surface area contributed by atoms with Crippen molar-refractivity contribution in [2.24, 2.45) is 0 Å². The number of aromatic nitrogens is 5. The van der Waals surface area contributed by atoms with E-state index in [1.54, 1.807) is 6.33 Å². The van der Waals surface area contributed by atoms with Crippen molar-refractivity contribution in [2.45, 2.75) is 59.0 Å². The first-order chi connectivity index (χ1) is 14.5. The summed E-state index contributed by atoms with van der Waals surface area (Å²) in [5.74, 6) is 1.27. The number of rotatable bonds is 5. The van der Waals surface area contributed by atoms with Gasteiger partial charge in [-0.3, -0.25) is 9.48 Å². The minimum absolute atomic E-state index is 0.0737. The van der Waals surface area contributed by atoms with E-state index < -0.39 is 0 Å². The van der Waals surface area contributed by atoms with E-state index in [0.29, 0.717) is 19.1 Å². The molecular weight excluding hydrogens is 376 g/mol. The number of aryl methyl sites for hydroxylation is 1. The highest BCUT2D eigenvalue weighted by Crippen LogP contribution is 2.29. The molecule has 3 heterocycles. The Morgan fingerprint density at radius 1 is 1.20 bits per heavy atom. The van der Waals surface area contributed by atoms with E-state index in [1.807, 2.05) is 41.6 Å². The normalized spacial score (nSPS) is 17.0. The van der Waals surface area contributed by atoms with E-state index >= 15 is 0 Å². The fourth-order valence-corrected chi connectivity index (χ4v) is 4.39. The first-order valence-electron chi connectivity index (χ1n) is 10.7. The van der Waals surface area contributed by atoms with Crippen molar-refractivity contribution in [3.63, 3.8) is 0 Å². The van der Waals surface area contributed by atoms with Crippen molar-refractivity contribution in [3.05, 3.63) is 65.0 Å². The van der Waals surface area contributed by atoms with Gasteiger partial charge in [-0.15, -0.1) is 10.2 Å². The van der Waals surface area contributed by atoms with Crippen LogP contribution in [-0.2, 0) is 6.54 Å². The van der Waals surface area contributed by atoms with Gasteiger partial charge in [0.2, 0.25) is 0 Å². The number of nitrogens with zero attached hydrogens (tertiary/aromatic N) is 6. The minimum atomic E-state index is 0.0737. The van der Waals surface area contributed by atoms with Crippen LogP contribution in [0.5, 0.6) is 0 Å². The molecule has 1 aromatic carbocycles. The van der Waals surface area contributed by atoms with Crippen LogP contribution in [0.25, 0.3) is 0 Å². The smallest absolute Gasteiger partial charge is 0.257 e. The molecule has 1 aliphatic heterocycles. The summed E-state index contributed by atoms with van der Waals surface area (Å²) in [7, 11) is 0. The second-order valence-corrected chi connectivity index (χ2v) is 8.47. The molecule has 1 amide bonds. The molecule has 3 aromatic rings. The van der Waals surface area contributed by atoms with E-state index in [2.05, 4.69) is 45.8 Å². The molecule has 0 bridgehead atoms. The van der Waals surface area contributed by atoms with E-state index in [9.17, 15) is 4.79 Å². The molecule has 158 valence electrons. The number of piperidine rings is 1. The molecule has 7 heteroatoms. The fraction of sp³-hybridized carbons (Fsp3) is 0.478. The number of hydrogen-bond donors (Lipinski definition) is 0. The number of benzene rings is 1. The van der Waals surface area contributed by atoms with Crippen molar-refractivity contribution in [1.82, 2.24) is 29.4 Å². The van der Waals surface area contributed by atoms with Crippen molar-refractivity contribution < 1.29 is 4.79 Å². The first-order valence-corrected chi connectivity index (χ1v) is 10.7. The third-order valence-corrected chi connectivity index (χ3v) is 6.00. The fourth-order valence-electron chi connectivity index (χ4n) is 4.39. The van der Waals surface area contributed by atoms with Gasteiger partial charge in [0, 0.05) is 30.7 Å². The second-order valence-electron chi connectivity index (χ2n) is 8.47. The predicted octanol–water partition coefficient (Wildman–Crippen LogP) is 3.74. The van der Waals surface area contributed by atoms with Crippen LogP contribution < -0.4 is 0 Å². The second kappa shape index (κ2) is 8.42. The molecule has 30 heavy (non-hydrogen) atoms. The third-order valence-electron chi connectivity index (χ3n) is 6.00. The highest BCUT2D eigenvalue weighted by atomic mass is 16.2. The van der Waals surface area contributed by atoms with Crippen LogP contribution in [0, 0.1) is 13.8 Å². The van der Waals surface area contributed by atoms with Crippen LogP contribution >= 0.6 is 0 Å². The van der Waals surface area contributed by atoms with Crippen LogP contribution in [0.3, 0.4) is 0 Å². The van der Waals surface area contributed by atoms with Crippen molar-refractivity contribution >= 4 is 5.91 Å². The first kappa shape index (κ1) is 20.3. The molecule has 1 atom stereocenters. The summed E-state index contributed by atoms with van der Waals surface area (Å²) in [6.07, 6.45) is 3.79. The molecule has 2 aromatic heterocycles. The van der Waals surface area contributed by atoms with E-state index in [1.165, 1.54) is 5.56 Å². The SMILES string of the molecule is Cc1nn(Cc2ccccc2)c(C)c1C(=O)N1CCCC(c2nncn2C(C)C)C1. The van der Waals surface area contributed by atoms with Gasteiger partial charge in [0.25, 0.3) is 5.91 Å². The number of carbonyl (C=O) groups is 1. The Balaban J connectivity index is 1.55. The highest BCUT2D eigenvalue weighted by Gasteiger charge is 2.31. The van der Waals surface area contributed by atoms with Gasteiger partial charge in [-0.05, 0) is 46.1 Å². The standard InChI is InChI=1S/C23H30N6O/c1-16(2)28-15-24-25-22(28)20-11-8-12-27(14-20)23(30)21-17(3)26-29(18(21)4)13-19-9-6-5-7-10-19/h5-7,9-10,15-16,20H,8,11-14H2,1-4H3. The summed E-state index contributed by atoms with van der Waals surface area (Å²) in [6, 6.07) is 10.5. The van der Waals surface area contributed by atoms with E-state index in [-0.39, 0.29) is 11.8 Å². The molecule has 0 saturated carbocycles. The Kier molecular flexibility index (Phi) is 5.70. The lowest BCUT2D eigenvalue weighted by molar-refractivity contribution is 0.0701. The third kappa shape index (κ3) is 3.88. The maximum Gasteiger partial charge on any atom is 0.257 e. The quantitative estimate of drug-likeness (QED) is 0.647. The molecule has 7 nitrogen and oxygen atoms in total. The minimum Gasteiger partial charge on any atom is -0.338 e. The number of likely N-dealkylation sites (tertiary alicyclic amines) is 1. The number of amides is 1. The predicted molar refractivity (Wildman–Crippen MR) is 116 cm³/mol. The van der Waals surface area contributed by atoms with Crippen LogP contribution in [0.4, 0.5) is 0 Å². The lowest BCUT2D eigenvalue weighted by atomic mass is 9.96. The highest BCUT2D eigenvalue weighted by molar-refractivity contribution is 5.96. The summed E-state index contributed by atoms with van der Waals surface area (Å²) in [6.45, 7) is 10.3. The number of carbonyl (C=O) groups excluding carboxylic acids is 1. The molecular formula is C23H30N6O. The van der Waals surface area contributed by atoms with Gasteiger partial charge in [-0.1, -0.05) is 30.3 Å². The van der Waals surface area contributed by atoms with Crippen LogP contribution in [0.1, 0.15) is 71.8 Å². The van der Waals surface area contributed by atoms with E-state index in [0.717, 1.165) is 42.2 Å². The summed E-state index contributed by atoms with van der Waals surface area (Å²) in [5.41, 5.74) is 3.62. The zero-order valence-corrected chi connectivity index (χ0v) is 18.2. The Morgan fingerprint density at radius 2 is 1.97 bits per heavy atom. The average molecular weight is 407 g/mol. The van der Waals surface area contributed by atoms with Gasteiger partial charge in [-0.2, -0.15) is 5.10 Å². The Morgan fingerprint density at radius 3 is 2.70 bits per heavy atom. The summed E-state index contributed by atoms with van der Waals surface area (Å²) >= 11 is 0. The molecule has 0 spiro atoms. The monoisotopic (exact) mass is 406 g/mol. The topological polar surface area (TPSA) is 68.8 Å². The van der Waals surface area contributed by atoms with Crippen LogP contribution in [-0.4, -0.2) is 48.4 Å². The molecule has 1 unspecified atom stereocenters.